The predicted octanol–water partition coefficient (Wildman–Crippen LogP) is 3.37. The third kappa shape index (κ3) is 4.08. The van der Waals surface area contributed by atoms with Gasteiger partial charge in [-0.05, 0) is 68.6 Å². The summed E-state index contributed by atoms with van der Waals surface area (Å²) in [5.41, 5.74) is 5.19. The average molecular weight is 485 g/mol. The Morgan fingerprint density at radius 3 is 2.53 bits per heavy atom. The number of aliphatic hydroxyl groups is 1. The molecular weight excluding hydrogens is 459 g/mol. The lowest BCUT2D eigenvalue weighted by molar-refractivity contribution is -0.121. The molecule has 5 rings (SSSR count). The van der Waals surface area contributed by atoms with E-state index < -0.39 is 22.7 Å². The van der Waals surface area contributed by atoms with Gasteiger partial charge in [-0.15, -0.1) is 0 Å². The molecule has 1 aromatic carbocycles. The van der Waals surface area contributed by atoms with Crippen LogP contribution < -0.4 is 11.1 Å². The highest BCUT2D eigenvalue weighted by atomic mass is 35.5. The number of aromatic nitrogens is 2. The Bertz CT molecular complexity index is 1230. The standard InChI is InChI=1S/C25H26ClFN4O3/c1-31-13-29-20(21(31)22(32)30-17-2-3-19(27)18(26)10-17)14-8-15-11-25(34,12-16(15)9-14)7-6-24(4-5-24)23(28)33/h2-3,10,13-16,34H,4-5,8-9,11-12H2,1H3,(H2,28,33)(H,30,32). The van der Waals surface area contributed by atoms with Crippen LogP contribution in [-0.4, -0.2) is 32.1 Å². The zero-order valence-corrected chi connectivity index (χ0v) is 19.5. The first-order valence-corrected chi connectivity index (χ1v) is 11.8. The van der Waals surface area contributed by atoms with Gasteiger partial charge in [0.05, 0.1) is 17.0 Å². The second kappa shape index (κ2) is 8.10. The highest BCUT2D eigenvalue weighted by molar-refractivity contribution is 6.31. The van der Waals surface area contributed by atoms with E-state index in [2.05, 4.69) is 22.1 Å². The number of halogens is 2. The molecule has 34 heavy (non-hydrogen) atoms. The number of primary amides is 1. The second-order valence-corrected chi connectivity index (χ2v) is 10.4. The normalized spacial score (nSPS) is 28.6. The number of nitrogens with one attached hydrogen (secondary N) is 1. The maximum absolute atomic E-state index is 13.4. The molecule has 0 saturated heterocycles. The van der Waals surface area contributed by atoms with Crippen molar-refractivity contribution in [1.29, 1.82) is 0 Å². The van der Waals surface area contributed by atoms with Crippen LogP contribution in [0.25, 0.3) is 0 Å². The van der Waals surface area contributed by atoms with Gasteiger partial charge < -0.3 is 20.7 Å². The third-order valence-corrected chi connectivity index (χ3v) is 7.83. The molecule has 2 aromatic rings. The van der Waals surface area contributed by atoms with E-state index in [1.807, 2.05) is 0 Å². The van der Waals surface area contributed by atoms with Crippen molar-refractivity contribution in [3.8, 4) is 11.8 Å². The quantitative estimate of drug-likeness (QED) is 0.578. The summed E-state index contributed by atoms with van der Waals surface area (Å²) < 4.78 is 15.1. The van der Waals surface area contributed by atoms with E-state index in [-0.39, 0.29) is 28.7 Å². The maximum atomic E-state index is 13.4. The first-order chi connectivity index (χ1) is 16.1. The van der Waals surface area contributed by atoms with Crippen LogP contribution in [0.4, 0.5) is 10.1 Å². The van der Waals surface area contributed by atoms with Gasteiger partial charge >= 0.3 is 0 Å². The predicted molar refractivity (Wildman–Crippen MR) is 124 cm³/mol. The molecule has 3 saturated carbocycles. The lowest BCUT2D eigenvalue weighted by Crippen LogP contribution is -2.27. The van der Waals surface area contributed by atoms with Crippen LogP contribution in [0.1, 0.15) is 60.6 Å². The van der Waals surface area contributed by atoms with Gasteiger partial charge in [0.2, 0.25) is 5.91 Å². The van der Waals surface area contributed by atoms with Gasteiger partial charge in [-0.1, -0.05) is 23.4 Å². The molecule has 3 aliphatic rings. The van der Waals surface area contributed by atoms with E-state index >= 15 is 0 Å². The molecule has 2 amide bonds. The van der Waals surface area contributed by atoms with Gasteiger partial charge in [-0.2, -0.15) is 0 Å². The molecule has 178 valence electrons. The minimum atomic E-state index is -1.10. The molecule has 0 aliphatic heterocycles. The molecule has 2 atom stereocenters. The number of imidazole rings is 1. The number of anilines is 1. The van der Waals surface area contributed by atoms with E-state index in [1.165, 1.54) is 18.2 Å². The molecule has 0 bridgehead atoms. The smallest absolute Gasteiger partial charge is 0.274 e. The van der Waals surface area contributed by atoms with Crippen molar-refractivity contribution >= 4 is 29.1 Å². The summed E-state index contributed by atoms with van der Waals surface area (Å²) in [4.78, 5) is 29.2. The Balaban J connectivity index is 1.29. The first kappa shape index (κ1) is 22.9. The highest BCUT2D eigenvalue weighted by Crippen LogP contribution is 2.54. The minimum Gasteiger partial charge on any atom is -0.378 e. The Morgan fingerprint density at radius 2 is 1.94 bits per heavy atom. The zero-order valence-electron chi connectivity index (χ0n) is 18.8. The van der Waals surface area contributed by atoms with Crippen LogP contribution in [0.15, 0.2) is 24.5 Å². The minimum absolute atomic E-state index is 0.0642. The molecule has 1 aromatic heterocycles. The third-order valence-electron chi connectivity index (χ3n) is 7.54. The largest absolute Gasteiger partial charge is 0.378 e. The molecule has 4 N–H and O–H groups in total. The molecular formula is C25H26ClFN4O3. The van der Waals surface area contributed by atoms with Gasteiger partial charge in [-0.25, -0.2) is 9.37 Å². The number of carbonyl (C=O) groups excluding carboxylic acids is 2. The first-order valence-electron chi connectivity index (χ1n) is 11.4. The van der Waals surface area contributed by atoms with Gasteiger partial charge in [0.25, 0.3) is 5.91 Å². The number of nitrogens with two attached hydrogens (primary N) is 1. The number of rotatable bonds is 4. The van der Waals surface area contributed by atoms with Crippen LogP contribution >= 0.6 is 11.6 Å². The molecule has 3 aliphatic carbocycles. The van der Waals surface area contributed by atoms with Crippen molar-refractivity contribution in [2.24, 2.45) is 30.0 Å². The maximum Gasteiger partial charge on any atom is 0.274 e. The summed E-state index contributed by atoms with van der Waals surface area (Å²) in [7, 11) is 1.76. The molecule has 3 fully saturated rings. The van der Waals surface area contributed by atoms with Gasteiger partial charge in [0.1, 0.15) is 22.5 Å². The lowest BCUT2D eigenvalue weighted by atomic mass is 9.92. The number of amides is 2. The topological polar surface area (TPSA) is 110 Å². The van der Waals surface area contributed by atoms with E-state index in [9.17, 15) is 19.1 Å². The van der Waals surface area contributed by atoms with Crippen molar-refractivity contribution < 1.29 is 19.1 Å². The number of aryl methyl sites for hydroxylation is 1. The van der Waals surface area contributed by atoms with Gasteiger partial charge in [0.15, 0.2) is 0 Å². The van der Waals surface area contributed by atoms with E-state index in [4.69, 9.17) is 17.3 Å². The average Bonchev–Trinajstić information content (AvgIpc) is 3.20. The van der Waals surface area contributed by atoms with Gasteiger partial charge in [0, 0.05) is 18.7 Å². The van der Waals surface area contributed by atoms with Gasteiger partial charge in [-0.3, -0.25) is 9.59 Å². The van der Waals surface area contributed by atoms with E-state index in [0.29, 0.717) is 37.1 Å². The van der Waals surface area contributed by atoms with Crippen LogP contribution in [0.2, 0.25) is 5.02 Å². The summed E-state index contributed by atoms with van der Waals surface area (Å²) in [6.07, 6.45) is 5.63. The Hall–Kier alpha value is -2.89. The summed E-state index contributed by atoms with van der Waals surface area (Å²) in [6.45, 7) is 0. The fourth-order valence-electron chi connectivity index (χ4n) is 5.57. The summed E-state index contributed by atoms with van der Waals surface area (Å²) in [5, 5.41) is 13.7. The molecule has 9 heteroatoms. The number of hydrogen-bond donors (Lipinski definition) is 3. The summed E-state index contributed by atoms with van der Waals surface area (Å²) >= 11 is 5.84. The van der Waals surface area contributed by atoms with Crippen molar-refractivity contribution in [2.45, 2.75) is 50.0 Å². The fraction of sp³-hybridized carbons (Fsp3) is 0.480. The molecule has 2 unspecified atom stereocenters. The number of benzene rings is 1. The van der Waals surface area contributed by atoms with Crippen molar-refractivity contribution in [1.82, 2.24) is 9.55 Å². The van der Waals surface area contributed by atoms with Crippen LogP contribution in [0.5, 0.6) is 0 Å². The highest BCUT2D eigenvalue weighted by Gasteiger charge is 2.51. The van der Waals surface area contributed by atoms with Crippen LogP contribution in [0, 0.1) is 34.9 Å². The molecule has 0 spiro atoms. The SMILES string of the molecule is Cn1cnc(C2CC3CC(O)(C#CC4(C(N)=O)CC4)CC3C2)c1C(=O)Nc1ccc(F)c(Cl)c1. The number of fused-ring (bicyclic) bond motifs is 1. The monoisotopic (exact) mass is 484 g/mol. The summed E-state index contributed by atoms with van der Waals surface area (Å²) in [6, 6.07) is 4.04. The van der Waals surface area contributed by atoms with Crippen LogP contribution in [-0.2, 0) is 11.8 Å². The fourth-order valence-corrected chi connectivity index (χ4v) is 5.75. The number of carbonyl (C=O) groups is 2. The molecule has 1 heterocycles. The van der Waals surface area contributed by atoms with E-state index in [0.717, 1.165) is 18.5 Å². The number of hydrogen-bond acceptors (Lipinski definition) is 4. The van der Waals surface area contributed by atoms with Crippen molar-refractivity contribution in [3.63, 3.8) is 0 Å². The Labute approximate surface area is 201 Å². The Kier molecular flexibility index (Phi) is 5.45. The van der Waals surface area contributed by atoms with Crippen LogP contribution in [0.3, 0.4) is 0 Å². The van der Waals surface area contributed by atoms with Crippen molar-refractivity contribution in [2.75, 3.05) is 5.32 Å². The summed E-state index contributed by atoms with van der Waals surface area (Å²) in [5.74, 6) is 5.27. The van der Waals surface area contributed by atoms with E-state index in [1.54, 1.807) is 17.9 Å². The lowest BCUT2D eigenvalue weighted by Gasteiger charge is -2.19. The zero-order chi connectivity index (χ0) is 24.3. The molecule has 7 nitrogen and oxygen atoms in total. The number of nitrogens with zero attached hydrogens (tertiary/aromatic N) is 2. The Morgan fingerprint density at radius 1 is 1.26 bits per heavy atom. The molecule has 0 radical (unpaired) electrons. The second-order valence-electron chi connectivity index (χ2n) is 10.00. The van der Waals surface area contributed by atoms with Crippen molar-refractivity contribution in [3.05, 3.63) is 46.8 Å².